The summed E-state index contributed by atoms with van der Waals surface area (Å²) in [6.07, 6.45) is -3.44. The molecule has 0 aliphatic carbocycles. The zero-order valence-corrected chi connectivity index (χ0v) is 13.1. The Kier molecular flexibility index (Phi) is 4.61. The summed E-state index contributed by atoms with van der Waals surface area (Å²) < 4.78 is 50.5. The van der Waals surface area contributed by atoms with Crippen molar-refractivity contribution in [1.82, 2.24) is 9.88 Å². The number of carbonyl (C=O) groups is 1. The van der Waals surface area contributed by atoms with E-state index in [9.17, 15) is 22.4 Å². The van der Waals surface area contributed by atoms with E-state index in [0.29, 0.717) is 13.1 Å². The lowest BCUT2D eigenvalue weighted by Crippen LogP contribution is -2.27. The molecule has 1 unspecified atom stereocenters. The molecule has 2 heterocycles. The van der Waals surface area contributed by atoms with Crippen LogP contribution < -0.4 is 5.32 Å². The van der Waals surface area contributed by atoms with Gasteiger partial charge in [0.05, 0.1) is 11.6 Å². The van der Waals surface area contributed by atoms with Gasteiger partial charge in [-0.25, -0.2) is 9.37 Å². The average Bonchev–Trinajstić information content (AvgIpc) is 2.89. The molecule has 1 aromatic heterocycles. The smallest absolute Gasteiger partial charge is 0.365 e. The summed E-state index contributed by atoms with van der Waals surface area (Å²) in [5, 5.41) is 2.97. The molecule has 25 heavy (non-hydrogen) atoms. The first-order valence-corrected chi connectivity index (χ1v) is 7.63. The molecule has 4 nitrogen and oxygen atoms in total. The van der Waals surface area contributed by atoms with Crippen LogP contribution in [0.25, 0.3) is 0 Å². The van der Waals surface area contributed by atoms with Crippen molar-refractivity contribution in [2.45, 2.75) is 25.2 Å². The third kappa shape index (κ3) is 4.26. The lowest BCUT2D eigenvalue weighted by atomic mass is 10.2. The molecule has 1 aliphatic heterocycles. The molecule has 3 rings (SSSR count). The fraction of sp³-hybridized carbons (Fsp3) is 0.294. The normalized spacial score (nSPS) is 17.8. The second-order valence-corrected chi connectivity index (χ2v) is 5.88. The molecule has 0 spiro atoms. The molecule has 8 heteroatoms. The fourth-order valence-electron chi connectivity index (χ4n) is 2.69. The van der Waals surface area contributed by atoms with E-state index in [1.165, 1.54) is 18.2 Å². The number of rotatable bonds is 4. The molecular weight excluding hydrogens is 338 g/mol. The monoisotopic (exact) mass is 353 g/mol. The largest absolute Gasteiger partial charge is 0.417 e. The van der Waals surface area contributed by atoms with Crippen molar-refractivity contribution in [3.63, 3.8) is 0 Å². The number of likely N-dealkylation sites (tertiary alicyclic amines) is 1. The third-order valence-corrected chi connectivity index (χ3v) is 3.94. The van der Waals surface area contributed by atoms with Crippen molar-refractivity contribution in [3.05, 3.63) is 59.5 Å². The molecule has 0 radical (unpaired) electrons. The average molecular weight is 353 g/mol. The zero-order chi connectivity index (χ0) is 18.0. The zero-order valence-electron chi connectivity index (χ0n) is 13.1. The summed E-state index contributed by atoms with van der Waals surface area (Å²) in [4.78, 5) is 17.4. The molecule has 1 amide bonds. The molecule has 0 saturated carbocycles. The Balaban J connectivity index is 1.59. The minimum atomic E-state index is -4.43. The van der Waals surface area contributed by atoms with E-state index in [2.05, 4.69) is 10.3 Å². The number of hydrogen-bond donors (Lipinski definition) is 1. The van der Waals surface area contributed by atoms with Crippen molar-refractivity contribution in [2.75, 3.05) is 11.9 Å². The summed E-state index contributed by atoms with van der Waals surface area (Å²) in [5.74, 6) is -0.132. The number of carbonyl (C=O) groups excluding carboxylic acids is 1. The van der Waals surface area contributed by atoms with E-state index in [0.717, 1.165) is 17.8 Å². The van der Waals surface area contributed by atoms with E-state index in [4.69, 9.17) is 0 Å². The van der Waals surface area contributed by atoms with Gasteiger partial charge in [-0.3, -0.25) is 4.79 Å². The van der Waals surface area contributed by atoms with Crippen molar-refractivity contribution in [1.29, 1.82) is 0 Å². The highest BCUT2D eigenvalue weighted by atomic mass is 19.4. The summed E-state index contributed by atoms with van der Waals surface area (Å²) in [6, 6.07) is 7.84. The third-order valence-electron chi connectivity index (χ3n) is 3.94. The second kappa shape index (κ2) is 6.70. The van der Waals surface area contributed by atoms with E-state index in [1.807, 2.05) is 0 Å². The molecule has 0 bridgehead atoms. The summed E-state index contributed by atoms with van der Waals surface area (Å²) in [7, 11) is 0. The number of aromatic nitrogens is 1. The lowest BCUT2D eigenvalue weighted by molar-refractivity contribution is -0.137. The minimum absolute atomic E-state index is 0.0752. The van der Waals surface area contributed by atoms with Gasteiger partial charge in [0.1, 0.15) is 11.6 Å². The van der Waals surface area contributed by atoms with Crippen LogP contribution in [0.2, 0.25) is 0 Å². The minimum Gasteiger partial charge on any atom is -0.365 e. The van der Waals surface area contributed by atoms with Gasteiger partial charge in [0.2, 0.25) is 5.91 Å². The van der Waals surface area contributed by atoms with Gasteiger partial charge >= 0.3 is 6.18 Å². The first kappa shape index (κ1) is 17.2. The molecule has 1 aliphatic rings. The van der Waals surface area contributed by atoms with Crippen LogP contribution >= 0.6 is 0 Å². The molecule has 132 valence electrons. The highest BCUT2D eigenvalue weighted by Crippen LogP contribution is 2.29. The maximum atomic E-state index is 12.9. The van der Waals surface area contributed by atoms with E-state index < -0.39 is 11.7 Å². The molecule has 1 atom stereocenters. The second-order valence-electron chi connectivity index (χ2n) is 5.88. The van der Waals surface area contributed by atoms with Crippen molar-refractivity contribution in [2.24, 2.45) is 0 Å². The number of hydrogen-bond acceptors (Lipinski definition) is 3. The van der Waals surface area contributed by atoms with Crippen LogP contribution in [0.5, 0.6) is 0 Å². The Bertz CT molecular complexity index is 744. The van der Waals surface area contributed by atoms with Crippen LogP contribution in [0.15, 0.2) is 42.6 Å². The number of anilines is 1. The van der Waals surface area contributed by atoms with E-state index >= 15 is 0 Å². The molecule has 1 aromatic carbocycles. The van der Waals surface area contributed by atoms with Crippen LogP contribution in [0.4, 0.5) is 23.4 Å². The van der Waals surface area contributed by atoms with Crippen molar-refractivity contribution in [3.8, 4) is 0 Å². The maximum absolute atomic E-state index is 12.9. The Morgan fingerprint density at radius 1 is 1.16 bits per heavy atom. The quantitative estimate of drug-likeness (QED) is 0.857. The van der Waals surface area contributed by atoms with Crippen LogP contribution in [-0.4, -0.2) is 28.4 Å². The van der Waals surface area contributed by atoms with Crippen LogP contribution in [0.3, 0.4) is 0 Å². The number of nitrogens with zero attached hydrogens (tertiary/aromatic N) is 2. The Hall–Kier alpha value is -2.64. The summed E-state index contributed by atoms with van der Waals surface area (Å²) in [6.45, 7) is 0.761. The topological polar surface area (TPSA) is 45.2 Å². The molecule has 2 aromatic rings. The van der Waals surface area contributed by atoms with Crippen molar-refractivity contribution >= 4 is 11.7 Å². The highest BCUT2D eigenvalue weighted by molar-refractivity contribution is 5.80. The first-order valence-electron chi connectivity index (χ1n) is 7.63. The molecular formula is C17H15F4N3O. The molecule has 1 saturated heterocycles. The van der Waals surface area contributed by atoms with Gasteiger partial charge < -0.3 is 10.2 Å². The predicted molar refractivity (Wildman–Crippen MR) is 83.1 cm³/mol. The highest BCUT2D eigenvalue weighted by Gasteiger charge is 2.32. The number of alkyl halides is 3. The fourth-order valence-corrected chi connectivity index (χ4v) is 2.69. The summed E-state index contributed by atoms with van der Waals surface area (Å²) in [5.41, 5.74) is -0.0125. The van der Waals surface area contributed by atoms with Gasteiger partial charge in [0.25, 0.3) is 0 Å². The van der Waals surface area contributed by atoms with Crippen molar-refractivity contribution < 1.29 is 22.4 Å². The van der Waals surface area contributed by atoms with Gasteiger partial charge in [-0.15, -0.1) is 0 Å². The van der Waals surface area contributed by atoms with E-state index in [1.54, 1.807) is 17.0 Å². The van der Waals surface area contributed by atoms with Gasteiger partial charge in [0, 0.05) is 25.7 Å². The first-order chi connectivity index (χ1) is 11.8. The standard InChI is InChI=1S/C17H15F4N3O/c18-13-4-1-11(2-5-13)9-24-10-14(7-16(24)25)23-15-6-3-12(8-22-15)17(19,20)21/h1-6,8,14H,7,9-10H2,(H,22,23). The SMILES string of the molecule is O=C1CC(Nc2ccc(C(F)(F)F)cn2)CN1Cc1ccc(F)cc1. The number of halogens is 4. The van der Waals surface area contributed by atoms with E-state index in [-0.39, 0.29) is 30.0 Å². The van der Waals surface area contributed by atoms with Crippen LogP contribution in [0.1, 0.15) is 17.5 Å². The molecule has 1 fully saturated rings. The Morgan fingerprint density at radius 3 is 2.48 bits per heavy atom. The summed E-state index contributed by atoms with van der Waals surface area (Å²) >= 11 is 0. The Labute approximate surface area is 141 Å². The number of nitrogens with one attached hydrogen (secondary N) is 1. The van der Waals surface area contributed by atoms with Gasteiger partial charge in [-0.2, -0.15) is 13.2 Å². The number of benzene rings is 1. The van der Waals surface area contributed by atoms with Gasteiger partial charge in [0.15, 0.2) is 0 Å². The predicted octanol–water partition coefficient (Wildman–Crippen LogP) is 3.45. The molecule has 1 N–H and O–H groups in total. The Morgan fingerprint density at radius 2 is 1.88 bits per heavy atom. The number of amides is 1. The van der Waals surface area contributed by atoms with Gasteiger partial charge in [-0.05, 0) is 29.8 Å². The number of pyridine rings is 1. The van der Waals surface area contributed by atoms with Crippen LogP contribution in [-0.2, 0) is 17.5 Å². The lowest BCUT2D eigenvalue weighted by Gasteiger charge is -2.17. The maximum Gasteiger partial charge on any atom is 0.417 e. The van der Waals surface area contributed by atoms with Gasteiger partial charge in [-0.1, -0.05) is 12.1 Å². The van der Waals surface area contributed by atoms with Crippen LogP contribution in [0, 0.1) is 5.82 Å².